The maximum absolute atomic E-state index is 13.5. The monoisotopic (exact) mass is 222 g/mol. The number of benzene rings is 1. The summed E-state index contributed by atoms with van der Waals surface area (Å²) in [7, 11) is 0. The number of nitrogens with two attached hydrogens (primary N) is 1. The van der Waals surface area contributed by atoms with Gasteiger partial charge in [-0.1, -0.05) is 23.7 Å². The van der Waals surface area contributed by atoms with Crippen molar-refractivity contribution >= 4 is 17.3 Å². The molecular formula is C11H8ClFN2. The Labute approximate surface area is 91.5 Å². The fourth-order valence-corrected chi connectivity index (χ4v) is 1.40. The minimum atomic E-state index is -0.433. The maximum atomic E-state index is 13.5. The van der Waals surface area contributed by atoms with Crippen LogP contribution in [0.15, 0.2) is 36.5 Å². The smallest absolute Gasteiger partial charge is 0.151 e. The van der Waals surface area contributed by atoms with Crippen LogP contribution in [0.4, 0.5) is 10.1 Å². The van der Waals surface area contributed by atoms with E-state index in [4.69, 9.17) is 17.3 Å². The van der Waals surface area contributed by atoms with E-state index in [1.54, 1.807) is 24.3 Å². The van der Waals surface area contributed by atoms with Crippen molar-refractivity contribution in [2.75, 3.05) is 5.73 Å². The molecule has 2 aromatic rings. The first-order valence-corrected chi connectivity index (χ1v) is 4.71. The molecule has 0 unspecified atom stereocenters. The third-order valence-electron chi connectivity index (χ3n) is 1.98. The fourth-order valence-electron chi connectivity index (χ4n) is 1.27. The van der Waals surface area contributed by atoms with Gasteiger partial charge in [0.2, 0.25) is 0 Å². The number of nitrogen functional groups attached to an aromatic ring is 1. The van der Waals surface area contributed by atoms with Crippen molar-refractivity contribution in [1.82, 2.24) is 4.98 Å². The summed E-state index contributed by atoms with van der Waals surface area (Å²) in [5.41, 5.74) is 6.67. The molecule has 0 fully saturated rings. The number of aromatic nitrogens is 1. The maximum Gasteiger partial charge on any atom is 0.151 e. The number of pyridine rings is 1. The lowest BCUT2D eigenvalue weighted by Gasteiger charge is -2.03. The van der Waals surface area contributed by atoms with E-state index in [-0.39, 0.29) is 5.69 Å². The molecule has 1 aromatic heterocycles. The van der Waals surface area contributed by atoms with Crippen molar-refractivity contribution in [3.63, 3.8) is 0 Å². The summed E-state index contributed by atoms with van der Waals surface area (Å²) in [5.74, 6) is -0.433. The average Bonchev–Trinajstić information content (AvgIpc) is 2.20. The Balaban J connectivity index is 2.49. The van der Waals surface area contributed by atoms with Crippen LogP contribution in [0.2, 0.25) is 5.02 Å². The lowest BCUT2D eigenvalue weighted by Crippen LogP contribution is -1.93. The molecule has 2 rings (SSSR count). The molecule has 2 nitrogen and oxygen atoms in total. The highest BCUT2D eigenvalue weighted by molar-refractivity contribution is 6.30. The van der Waals surface area contributed by atoms with Crippen molar-refractivity contribution < 1.29 is 4.39 Å². The summed E-state index contributed by atoms with van der Waals surface area (Å²) in [5, 5.41) is 0.606. The highest BCUT2D eigenvalue weighted by atomic mass is 35.5. The molecule has 0 amide bonds. The highest BCUT2D eigenvalue weighted by Gasteiger charge is 2.06. The highest BCUT2D eigenvalue weighted by Crippen LogP contribution is 2.23. The van der Waals surface area contributed by atoms with Gasteiger partial charge in [0.25, 0.3) is 0 Å². The Morgan fingerprint density at radius 2 is 1.87 bits per heavy atom. The van der Waals surface area contributed by atoms with E-state index in [0.717, 1.165) is 0 Å². The van der Waals surface area contributed by atoms with Gasteiger partial charge in [-0.05, 0) is 12.1 Å². The van der Waals surface area contributed by atoms with Gasteiger partial charge in [0.15, 0.2) is 5.82 Å². The normalized spacial score (nSPS) is 10.3. The summed E-state index contributed by atoms with van der Waals surface area (Å²) in [6.45, 7) is 0. The molecule has 0 aliphatic rings. The van der Waals surface area contributed by atoms with Gasteiger partial charge in [-0.3, -0.25) is 4.98 Å². The number of rotatable bonds is 1. The van der Waals surface area contributed by atoms with Gasteiger partial charge in [0.1, 0.15) is 5.69 Å². The number of hydrogen-bond acceptors (Lipinski definition) is 2. The molecule has 0 atom stereocenters. The van der Waals surface area contributed by atoms with E-state index in [2.05, 4.69) is 4.98 Å². The second kappa shape index (κ2) is 3.87. The molecule has 0 aliphatic heterocycles. The number of nitrogens with zero attached hydrogens (tertiary/aromatic N) is 1. The van der Waals surface area contributed by atoms with Crippen LogP contribution in [0.25, 0.3) is 11.3 Å². The summed E-state index contributed by atoms with van der Waals surface area (Å²) < 4.78 is 13.5. The van der Waals surface area contributed by atoms with E-state index in [9.17, 15) is 4.39 Å². The van der Waals surface area contributed by atoms with Crippen molar-refractivity contribution in [3.8, 4) is 11.3 Å². The van der Waals surface area contributed by atoms with Crippen molar-refractivity contribution in [2.24, 2.45) is 0 Å². The van der Waals surface area contributed by atoms with E-state index in [1.807, 2.05) is 0 Å². The quantitative estimate of drug-likeness (QED) is 0.805. The first kappa shape index (κ1) is 9.93. The predicted molar refractivity (Wildman–Crippen MR) is 59.1 cm³/mol. The van der Waals surface area contributed by atoms with Crippen LogP contribution < -0.4 is 5.73 Å². The lowest BCUT2D eigenvalue weighted by atomic mass is 10.1. The van der Waals surface area contributed by atoms with Gasteiger partial charge in [-0.2, -0.15) is 0 Å². The van der Waals surface area contributed by atoms with E-state index in [0.29, 0.717) is 16.3 Å². The summed E-state index contributed by atoms with van der Waals surface area (Å²) in [4.78, 5) is 3.93. The Hall–Kier alpha value is -1.61. The summed E-state index contributed by atoms with van der Waals surface area (Å²) in [6.07, 6.45) is 1.42. The molecule has 15 heavy (non-hydrogen) atoms. The van der Waals surface area contributed by atoms with Crippen LogP contribution in [0.5, 0.6) is 0 Å². The standard InChI is InChI=1S/C11H8ClFN2/c12-8-3-1-7(2-4-8)11-10(13)5-9(14)6-15-11/h1-6H,14H2. The average molecular weight is 223 g/mol. The molecule has 2 N–H and O–H groups in total. The third-order valence-corrected chi connectivity index (χ3v) is 2.23. The van der Waals surface area contributed by atoms with Gasteiger partial charge in [-0.25, -0.2) is 4.39 Å². The van der Waals surface area contributed by atoms with Gasteiger partial charge in [0.05, 0.1) is 11.9 Å². The second-order valence-electron chi connectivity index (χ2n) is 3.11. The first-order chi connectivity index (χ1) is 7.16. The zero-order chi connectivity index (χ0) is 10.8. The minimum Gasteiger partial charge on any atom is -0.397 e. The molecule has 4 heteroatoms. The van der Waals surface area contributed by atoms with Gasteiger partial charge < -0.3 is 5.73 Å². The third kappa shape index (κ3) is 2.07. The van der Waals surface area contributed by atoms with E-state index < -0.39 is 5.82 Å². The molecule has 76 valence electrons. The zero-order valence-corrected chi connectivity index (χ0v) is 8.50. The van der Waals surface area contributed by atoms with Gasteiger partial charge >= 0.3 is 0 Å². The van der Waals surface area contributed by atoms with Crippen LogP contribution in [-0.2, 0) is 0 Å². The molecule has 0 saturated carbocycles. The van der Waals surface area contributed by atoms with Crippen LogP contribution in [-0.4, -0.2) is 4.98 Å². The van der Waals surface area contributed by atoms with Crippen LogP contribution in [0.1, 0.15) is 0 Å². The topological polar surface area (TPSA) is 38.9 Å². The minimum absolute atomic E-state index is 0.279. The zero-order valence-electron chi connectivity index (χ0n) is 7.74. The molecule has 1 aromatic carbocycles. The Bertz CT molecular complexity index is 482. The number of anilines is 1. The predicted octanol–water partition coefficient (Wildman–Crippen LogP) is 3.12. The van der Waals surface area contributed by atoms with Gasteiger partial charge in [-0.15, -0.1) is 0 Å². The molecule has 0 spiro atoms. The number of hydrogen-bond donors (Lipinski definition) is 1. The molecule has 0 radical (unpaired) electrons. The Kier molecular flexibility index (Phi) is 2.56. The van der Waals surface area contributed by atoms with Crippen molar-refractivity contribution in [2.45, 2.75) is 0 Å². The largest absolute Gasteiger partial charge is 0.397 e. The van der Waals surface area contributed by atoms with E-state index >= 15 is 0 Å². The van der Waals surface area contributed by atoms with Crippen molar-refractivity contribution in [1.29, 1.82) is 0 Å². The van der Waals surface area contributed by atoms with Crippen LogP contribution in [0.3, 0.4) is 0 Å². The molecule has 0 saturated heterocycles. The molecule has 0 bridgehead atoms. The van der Waals surface area contributed by atoms with Crippen LogP contribution in [0, 0.1) is 5.82 Å². The van der Waals surface area contributed by atoms with E-state index in [1.165, 1.54) is 12.3 Å². The molecular weight excluding hydrogens is 215 g/mol. The SMILES string of the molecule is Nc1cnc(-c2ccc(Cl)cc2)c(F)c1. The second-order valence-corrected chi connectivity index (χ2v) is 3.54. The summed E-state index contributed by atoms with van der Waals surface area (Å²) >= 11 is 5.73. The fraction of sp³-hybridized carbons (Fsp3) is 0. The van der Waals surface area contributed by atoms with Crippen molar-refractivity contribution in [3.05, 3.63) is 47.4 Å². The molecule has 1 heterocycles. The first-order valence-electron chi connectivity index (χ1n) is 4.34. The molecule has 0 aliphatic carbocycles. The number of halogens is 2. The summed E-state index contributed by atoms with van der Waals surface area (Å²) in [6, 6.07) is 8.05. The van der Waals surface area contributed by atoms with Gasteiger partial charge in [0, 0.05) is 16.7 Å². The Morgan fingerprint density at radius 3 is 2.47 bits per heavy atom. The van der Waals surface area contributed by atoms with Crippen LogP contribution >= 0.6 is 11.6 Å². The Morgan fingerprint density at radius 1 is 1.20 bits per heavy atom. The lowest BCUT2D eigenvalue weighted by molar-refractivity contribution is 0.626.